The van der Waals surface area contributed by atoms with Gasteiger partial charge in [-0.05, 0) is 38.5 Å². The van der Waals surface area contributed by atoms with Gasteiger partial charge in [0.1, 0.15) is 19.8 Å². The Kier molecular flexibility index (Phi) is 34.6. The molecule has 0 N–H and O–H groups in total. The summed E-state index contributed by atoms with van der Waals surface area (Å²) in [5, 5.41) is 0. The molecule has 0 aromatic rings. The normalized spacial score (nSPS) is 13.7. The Hall–Kier alpha value is -1.25. The van der Waals surface area contributed by atoms with Gasteiger partial charge in [-0.25, -0.2) is 0 Å². The summed E-state index contributed by atoms with van der Waals surface area (Å²) in [6.45, 7) is 4.21. The molecule has 0 amide bonds. The lowest BCUT2D eigenvalue weighted by molar-refractivity contribution is -0.870. The third kappa shape index (κ3) is 38.5. The second-order valence-electron chi connectivity index (χ2n) is 15.7. The van der Waals surface area contributed by atoms with Crippen LogP contribution in [0.2, 0.25) is 0 Å². The van der Waals surface area contributed by atoms with Crippen molar-refractivity contribution in [1.82, 2.24) is 0 Å². The second-order valence-corrected chi connectivity index (χ2v) is 17.1. The van der Waals surface area contributed by atoms with Crippen molar-refractivity contribution in [2.75, 3.05) is 47.5 Å². The number of phosphoric acid groups is 1. The van der Waals surface area contributed by atoms with Crippen LogP contribution in [0.5, 0.6) is 0 Å². The zero-order chi connectivity index (χ0) is 38.6. The third-order valence-electron chi connectivity index (χ3n) is 9.29. The van der Waals surface area contributed by atoms with E-state index in [9.17, 15) is 19.0 Å². The molecule has 10 heteroatoms. The van der Waals surface area contributed by atoms with E-state index in [1.54, 1.807) is 0 Å². The molecule has 0 aliphatic rings. The molecule has 2 atom stereocenters. The number of ether oxygens (including phenoxy) is 2. The highest BCUT2D eigenvalue weighted by atomic mass is 31.2. The molecule has 52 heavy (non-hydrogen) atoms. The van der Waals surface area contributed by atoms with Crippen molar-refractivity contribution >= 4 is 19.8 Å². The quantitative estimate of drug-likeness (QED) is 0.0200. The average Bonchev–Trinajstić information content (AvgIpc) is 3.09. The van der Waals surface area contributed by atoms with E-state index >= 15 is 0 Å². The Labute approximate surface area is 320 Å². The molecule has 0 rings (SSSR count). The van der Waals surface area contributed by atoms with Crippen molar-refractivity contribution in [3.05, 3.63) is 12.2 Å². The average molecular weight is 760 g/mol. The molecule has 0 aromatic carbocycles. The topological polar surface area (TPSA) is 111 Å². The van der Waals surface area contributed by atoms with Gasteiger partial charge in [-0.2, -0.15) is 0 Å². The Morgan fingerprint density at radius 2 is 0.981 bits per heavy atom. The molecule has 0 aliphatic heterocycles. The number of quaternary nitrogens is 1. The highest BCUT2D eigenvalue weighted by Gasteiger charge is 2.21. The van der Waals surface area contributed by atoms with Gasteiger partial charge in [0, 0.05) is 12.8 Å². The number of carbonyl (C=O) groups is 2. The van der Waals surface area contributed by atoms with Gasteiger partial charge in [0.15, 0.2) is 6.10 Å². The fourth-order valence-corrected chi connectivity index (χ4v) is 6.61. The molecule has 308 valence electrons. The monoisotopic (exact) mass is 760 g/mol. The van der Waals surface area contributed by atoms with Crippen LogP contribution in [0, 0.1) is 0 Å². The summed E-state index contributed by atoms with van der Waals surface area (Å²) >= 11 is 0. The summed E-state index contributed by atoms with van der Waals surface area (Å²) in [6, 6.07) is 0. The van der Waals surface area contributed by atoms with E-state index in [1.807, 2.05) is 21.1 Å². The van der Waals surface area contributed by atoms with Crippen LogP contribution in [0.4, 0.5) is 0 Å². The van der Waals surface area contributed by atoms with Gasteiger partial charge in [-0.1, -0.05) is 154 Å². The highest BCUT2D eigenvalue weighted by molar-refractivity contribution is 7.45. The van der Waals surface area contributed by atoms with E-state index in [4.69, 9.17) is 18.5 Å². The third-order valence-corrected chi connectivity index (χ3v) is 10.2. The van der Waals surface area contributed by atoms with Crippen LogP contribution < -0.4 is 4.89 Å². The fraction of sp³-hybridized carbons (Fsp3) is 0.905. The summed E-state index contributed by atoms with van der Waals surface area (Å²) in [6.07, 6.45) is 35.3. The number of carbonyl (C=O) groups excluding carboxylic acids is 2. The molecule has 0 aliphatic carbocycles. The van der Waals surface area contributed by atoms with Crippen LogP contribution >= 0.6 is 7.82 Å². The lowest BCUT2D eigenvalue weighted by Crippen LogP contribution is -2.37. The van der Waals surface area contributed by atoms with Gasteiger partial charge in [0.25, 0.3) is 7.82 Å². The van der Waals surface area contributed by atoms with Crippen molar-refractivity contribution in [2.24, 2.45) is 0 Å². The molecule has 0 saturated carbocycles. The molecular weight excluding hydrogens is 677 g/mol. The highest BCUT2D eigenvalue weighted by Crippen LogP contribution is 2.38. The van der Waals surface area contributed by atoms with Crippen LogP contribution in [-0.2, 0) is 32.7 Å². The number of nitrogens with zero attached hydrogens (tertiary/aromatic N) is 1. The summed E-state index contributed by atoms with van der Waals surface area (Å²) < 4.78 is 33.8. The molecule has 1 unspecified atom stereocenters. The van der Waals surface area contributed by atoms with E-state index in [1.165, 1.54) is 116 Å². The molecule has 0 spiro atoms. The predicted molar refractivity (Wildman–Crippen MR) is 213 cm³/mol. The number of phosphoric ester groups is 1. The van der Waals surface area contributed by atoms with Gasteiger partial charge in [-0.15, -0.1) is 0 Å². The van der Waals surface area contributed by atoms with E-state index < -0.39 is 26.5 Å². The lowest BCUT2D eigenvalue weighted by Gasteiger charge is -2.28. The number of likely N-dealkylation sites (N-methyl/N-ethyl adjacent to an activating group) is 1. The minimum absolute atomic E-state index is 0.0287. The van der Waals surface area contributed by atoms with E-state index in [-0.39, 0.29) is 32.0 Å². The SMILES string of the molecule is CCCCCCCCCC/C=C\CCCCCCCCCC(=O)OC[C@H](COP(=O)([O-])OCC[N+](C)(C)C)OC(=O)CCCCCCCCCCC. The van der Waals surface area contributed by atoms with E-state index in [0.29, 0.717) is 17.4 Å². The molecule has 0 radical (unpaired) electrons. The Morgan fingerprint density at radius 3 is 1.42 bits per heavy atom. The van der Waals surface area contributed by atoms with Gasteiger partial charge in [-0.3, -0.25) is 14.2 Å². The molecule has 0 bridgehead atoms. The largest absolute Gasteiger partial charge is 0.756 e. The maximum Gasteiger partial charge on any atom is 0.306 e. The number of hydrogen-bond acceptors (Lipinski definition) is 8. The first kappa shape index (κ1) is 50.8. The molecule has 0 saturated heterocycles. The summed E-state index contributed by atoms with van der Waals surface area (Å²) in [4.78, 5) is 37.3. The van der Waals surface area contributed by atoms with Gasteiger partial charge in [0.2, 0.25) is 0 Å². The van der Waals surface area contributed by atoms with Crippen molar-refractivity contribution in [3.8, 4) is 0 Å². The zero-order valence-electron chi connectivity index (χ0n) is 34.5. The van der Waals surface area contributed by atoms with Gasteiger partial charge >= 0.3 is 11.9 Å². The predicted octanol–water partition coefficient (Wildman–Crippen LogP) is 11.2. The van der Waals surface area contributed by atoms with Crippen LogP contribution in [-0.4, -0.2) is 70.0 Å². The Balaban J connectivity index is 4.25. The number of hydrogen-bond donors (Lipinski definition) is 0. The molecule has 9 nitrogen and oxygen atoms in total. The van der Waals surface area contributed by atoms with Crippen molar-refractivity contribution in [1.29, 1.82) is 0 Å². The first-order valence-electron chi connectivity index (χ1n) is 21.4. The molecule has 0 aromatic heterocycles. The zero-order valence-corrected chi connectivity index (χ0v) is 35.4. The molecular formula is C42H82NO8P. The second kappa shape index (κ2) is 35.5. The first-order valence-corrected chi connectivity index (χ1v) is 22.9. The Morgan fingerprint density at radius 1 is 0.577 bits per heavy atom. The summed E-state index contributed by atoms with van der Waals surface area (Å²) in [5.74, 6) is -0.836. The van der Waals surface area contributed by atoms with Gasteiger partial charge < -0.3 is 27.9 Å². The minimum atomic E-state index is -4.61. The number of allylic oxidation sites excluding steroid dienone is 2. The molecule has 0 heterocycles. The van der Waals surface area contributed by atoms with Crippen LogP contribution in [0.15, 0.2) is 12.2 Å². The summed E-state index contributed by atoms with van der Waals surface area (Å²) in [5.41, 5.74) is 0. The number of unbranched alkanes of at least 4 members (excludes halogenated alkanes) is 23. The van der Waals surface area contributed by atoms with Crippen LogP contribution in [0.1, 0.15) is 194 Å². The Bertz CT molecular complexity index is 907. The van der Waals surface area contributed by atoms with Crippen LogP contribution in [0.3, 0.4) is 0 Å². The standard InChI is InChI=1S/C42H82NO8P/c1-6-8-10-12-14-16-17-18-19-20-21-22-23-24-25-27-28-30-32-34-41(44)48-38-40(39-50-52(46,47)49-37-36-43(3,4)5)51-42(45)35-33-31-29-26-15-13-11-9-7-2/h20-21,40H,6-19,22-39H2,1-5H3/b21-20-/t40-/m1/s1. The first-order chi connectivity index (χ1) is 25.0. The number of esters is 2. The summed E-state index contributed by atoms with van der Waals surface area (Å²) in [7, 11) is 1.17. The smallest absolute Gasteiger partial charge is 0.306 e. The van der Waals surface area contributed by atoms with Gasteiger partial charge in [0.05, 0.1) is 27.7 Å². The van der Waals surface area contributed by atoms with Crippen molar-refractivity contribution in [2.45, 2.75) is 200 Å². The van der Waals surface area contributed by atoms with Crippen molar-refractivity contribution < 1.29 is 42.1 Å². The lowest BCUT2D eigenvalue weighted by atomic mass is 10.1. The van der Waals surface area contributed by atoms with Crippen LogP contribution in [0.25, 0.3) is 0 Å². The maximum atomic E-state index is 12.6. The van der Waals surface area contributed by atoms with E-state index in [0.717, 1.165) is 44.9 Å². The minimum Gasteiger partial charge on any atom is -0.756 e. The molecule has 0 fully saturated rings. The number of rotatable bonds is 39. The fourth-order valence-electron chi connectivity index (χ4n) is 5.88. The van der Waals surface area contributed by atoms with Crippen molar-refractivity contribution in [3.63, 3.8) is 0 Å². The van der Waals surface area contributed by atoms with E-state index in [2.05, 4.69) is 26.0 Å². The maximum absolute atomic E-state index is 12.6.